The Hall–Kier alpha value is -0.450. The van der Waals surface area contributed by atoms with Crippen LogP contribution in [0.5, 0.6) is 11.5 Å². The van der Waals surface area contributed by atoms with Crippen LogP contribution in [0.15, 0.2) is 16.6 Å². The minimum absolute atomic E-state index is 0. The summed E-state index contributed by atoms with van der Waals surface area (Å²) < 4.78 is 5.76. The van der Waals surface area contributed by atoms with Gasteiger partial charge in [0, 0.05) is 6.04 Å². The molecule has 1 atom stereocenters. The summed E-state index contributed by atoms with van der Waals surface area (Å²) in [5, 5.41) is 12.9. The topological polar surface area (TPSA) is 41.5 Å². The van der Waals surface area contributed by atoms with Gasteiger partial charge < -0.3 is 15.2 Å². The third-order valence-corrected chi connectivity index (χ3v) is 3.10. The smallest absolute Gasteiger partial charge is 0.172 e. The summed E-state index contributed by atoms with van der Waals surface area (Å²) in [4.78, 5) is 0. The fourth-order valence-electron chi connectivity index (χ4n) is 1.52. The molecule has 1 fully saturated rings. The SMILES string of the molecule is COc1cc([C@@H]2CCN2)cc(Br)c1O.Cl. The van der Waals surface area contributed by atoms with E-state index in [0.717, 1.165) is 18.5 Å². The molecule has 1 aromatic carbocycles. The van der Waals surface area contributed by atoms with Crippen molar-refractivity contribution in [2.24, 2.45) is 0 Å². The molecule has 1 aliphatic heterocycles. The number of rotatable bonds is 2. The highest BCUT2D eigenvalue weighted by Gasteiger charge is 2.20. The fraction of sp³-hybridized carbons (Fsp3) is 0.400. The number of benzene rings is 1. The molecule has 0 bridgehead atoms. The van der Waals surface area contributed by atoms with Crippen molar-refractivity contribution < 1.29 is 9.84 Å². The maximum absolute atomic E-state index is 9.60. The fourth-order valence-corrected chi connectivity index (χ4v) is 1.98. The number of phenolic OH excluding ortho intramolecular Hbond substituents is 1. The van der Waals surface area contributed by atoms with Crippen molar-refractivity contribution >= 4 is 28.3 Å². The van der Waals surface area contributed by atoms with Crippen molar-refractivity contribution in [3.8, 4) is 11.5 Å². The van der Waals surface area contributed by atoms with Crippen LogP contribution in [0.4, 0.5) is 0 Å². The van der Waals surface area contributed by atoms with E-state index in [-0.39, 0.29) is 18.2 Å². The highest BCUT2D eigenvalue weighted by atomic mass is 79.9. The Balaban J connectivity index is 0.00000112. The molecule has 0 unspecified atom stereocenters. The second-order valence-corrected chi connectivity index (χ2v) is 4.20. The average molecular weight is 295 g/mol. The lowest BCUT2D eigenvalue weighted by molar-refractivity contribution is 0.361. The maximum Gasteiger partial charge on any atom is 0.172 e. The van der Waals surface area contributed by atoms with Gasteiger partial charge in [-0.1, -0.05) is 0 Å². The summed E-state index contributed by atoms with van der Waals surface area (Å²) in [5.74, 6) is 0.679. The standard InChI is InChI=1S/C10H12BrNO2.ClH/c1-14-9-5-6(8-2-3-12-8)4-7(11)10(9)13;/h4-5,8,12-13H,2-3H2,1H3;1H/t8-;/m0./s1. The van der Waals surface area contributed by atoms with Gasteiger partial charge in [-0.05, 0) is 46.6 Å². The second-order valence-electron chi connectivity index (χ2n) is 3.35. The summed E-state index contributed by atoms with van der Waals surface area (Å²) in [6.07, 6.45) is 1.14. The average Bonchev–Trinajstić information content (AvgIpc) is 2.08. The highest BCUT2D eigenvalue weighted by molar-refractivity contribution is 9.10. The second kappa shape index (κ2) is 5.05. The number of halogens is 2. The molecular formula is C10H13BrClNO2. The van der Waals surface area contributed by atoms with E-state index >= 15 is 0 Å². The molecule has 0 spiro atoms. The molecule has 0 saturated carbocycles. The highest BCUT2D eigenvalue weighted by Crippen LogP contribution is 2.38. The lowest BCUT2D eigenvalue weighted by Crippen LogP contribution is -2.34. The van der Waals surface area contributed by atoms with Crippen LogP contribution >= 0.6 is 28.3 Å². The number of hydrogen-bond acceptors (Lipinski definition) is 3. The molecule has 1 aliphatic rings. The lowest BCUT2D eigenvalue weighted by atomic mass is 9.98. The Kier molecular flexibility index (Phi) is 4.25. The first-order chi connectivity index (χ1) is 6.72. The van der Waals surface area contributed by atoms with Crippen molar-refractivity contribution in [1.82, 2.24) is 5.32 Å². The van der Waals surface area contributed by atoms with Crippen molar-refractivity contribution in [2.75, 3.05) is 13.7 Å². The molecule has 0 amide bonds. The minimum Gasteiger partial charge on any atom is -0.503 e. The number of aromatic hydroxyl groups is 1. The molecule has 15 heavy (non-hydrogen) atoms. The maximum atomic E-state index is 9.60. The van der Waals surface area contributed by atoms with Crippen LogP contribution in [-0.4, -0.2) is 18.8 Å². The van der Waals surface area contributed by atoms with Gasteiger partial charge in [0.15, 0.2) is 11.5 Å². The molecular weight excluding hydrogens is 281 g/mol. The first kappa shape index (κ1) is 12.6. The summed E-state index contributed by atoms with van der Waals surface area (Å²) in [7, 11) is 1.56. The van der Waals surface area contributed by atoms with Gasteiger partial charge in [-0.15, -0.1) is 12.4 Å². The van der Waals surface area contributed by atoms with Gasteiger partial charge >= 0.3 is 0 Å². The molecule has 0 aliphatic carbocycles. The third kappa shape index (κ3) is 2.38. The first-order valence-corrected chi connectivity index (χ1v) is 5.31. The van der Waals surface area contributed by atoms with Crippen LogP contribution in [0.3, 0.4) is 0 Å². The predicted molar refractivity (Wildman–Crippen MR) is 65.0 cm³/mol. The third-order valence-electron chi connectivity index (χ3n) is 2.50. The zero-order valence-electron chi connectivity index (χ0n) is 8.29. The Morgan fingerprint density at radius 3 is 2.67 bits per heavy atom. The van der Waals surface area contributed by atoms with E-state index in [0.29, 0.717) is 16.3 Å². The van der Waals surface area contributed by atoms with Crippen LogP contribution in [0, 0.1) is 0 Å². The molecule has 0 radical (unpaired) electrons. The predicted octanol–water partition coefficient (Wildman–Crippen LogP) is 2.62. The van der Waals surface area contributed by atoms with Gasteiger partial charge in [-0.3, -0.25) is 0 Å². The van der Waals surface area contributed by atoms with Crippen LogP contribution in [-0.2, 0) is 0 Å². The summed E-state index contributed by atoms with van der Waals surface area (Å²) in [6, 6.07) is 4.20. The van der Waals surface area contributed by atoms with E-state index in [9.17, 15) is 5.11 Å². The molecule has 3 nitrogen and oxygen atoms in total. The monoisotopic (exact) mass is 293 g/mol. The summed E-state index contributed by atoms with van der Waals surface area (Å²) in [6.45, 7) is 1.06. The van der Waals surface area contributed by atoms with Crippen molar-refractivity contribution in [2.45, 2.75) is 12.5 Å². The molecule has 2 N–H and O–H groups in total. The number of nitrogens with one attached hydrogen (secondary N) is 1. The van der Waals surface area contributed by atoms with Gasteiger partial charge in [0.25, 0.3) is 0 Å². The first-order valence-electron chi connectivity index (χ1n) is 4.52. The Morgan fingerprint density at radius 1 is 1.53 bits per heavy atom. The van der Waals surface area contributed by atoms with Crippen LogP contribution in [0.2, 0.25) is 0 Å². The zero-order valence-corrected chi connectivity index (χ0v) is 10.7. The van der Waals surface area contributed by atoms with Gasteiger partial charge in [0.1, 0.15) is 0 Å². The van der Waals surface area contributed by atoms with Gasteiger partial charge in [-0.2, -0.15) is 0 Å². The molecule has 0 aromatic heterocycles. The van der Waals surface area contributed by atoms with E-state index in [1.165, 1.54) is 0 Å². The summed E-state index contributed by atoms with van der Waals surface area (Å²) >= 11 is 3.30. The largest absolute Gasteiger partial charge is 0.503 e. The van der Waals surface area contributed by atoms with Gasteiger partial charge in [0.05, 0.1) is 11.6 Å². The van der Waals surface area contributed by atoms with Crippen molar-refractivity contribution in [1.29, 1.82) is 0 Å². The number of hydrogen-bond donors (Lipinski definition) is 2. The number of ether oxygens (including phenoxy) is 1. The molecule has 1 aromatic rings. The number of methoxy groups -OCH3 is 1. The van der Waals surface area contributed by atoms with E-state index in [4.69, 9.17) is 4.74 Å². The van der Waals surface area contributed by atoms with Crippen LogP contribution < -0.4 is 10.1 Å². The van der Waals surface area contributed by atoms with Crippen LogP contribution in [0.25, 0.3) is 0 Å². The normalized spacial score (nSPS) is 18.9. The van der Waals surface area contributed by atoms with Crippen molar-refractivity contribution in [3.63, 3.8) is 0 Å². The van der Waals surface area contributed by atoms with E-state index in [1.807, 2.05) is 12.1 Å². The van der Waals surface area contributed by atoms with E-state index in [1.54, 1.807) is 7.11 Å². The molecule has 2 rings (SSSR count). The molecule has 5 heteroatoms. The molecule has 84 valence electrons. The Morgan fingerprint density at radius 2 is 2.20 bits per heavy atom. The lowest BCUT2D eigenvalue weighted by Gasteiger charge is -2.28. The number of phenols is 1. The van der Waals surface area contributed by atoms with Gasteiger partial charge in [0.2, 0.25) is 0 Å². The Labute approximate surface area is 103 Å². The molecule has 1 heterocycles. The van der Waals surface area contributed by atoms with Crippen molar-refractivity contribution in [3.05, 3.63) is 22.2 Å². The zero-order chi connectivity index (χ0) is 10.1. The van der Waals surface area contributed by atoms with E-state index in [2.05, 4.69) is 21.2 Å². The minimum atomic E-state index is 0. The van der Waals surface area contributed by atoms with Crippen LogP contribution in [0.1, 0.15) is 18.0 Å². The quantitative estimate of drug-likeness (QED) is 0.881. The van der Waals surface area contributed by atoms with E-state index < -0.39 is 0 Å². The summed E-state index contributed by atoms with van der Waals surface area (Å²) in [5.41, 5.74) is 1.15. The van der Waals surface area contributed by atoms with Gasteiger partial charge in [-0.25, -0.2) is 0 Å². The Bertz CT molecular complexity index is 356. The molecule has 1 saturated heterocycles.